The maximum Gasteiger partial charge on any atom is 0.195 e. The average Bonchev–Trinajstić information content (AvgIpc) is 3.35. The van der Waals surface area contributed by atoms with Crippen LogP contribution in [0.15, 0.2) is 54.9 Å². The summed E-state index contributed by atoms with van der Waals surface area (Å²) in [6.45, 7) is 10.8. The number of rotatable bonds is 10. The third-order valence-electron chi connectivity index (χ3n) is 6.49. The van der Waals surface area contributed by atoms with Crippen molar-refractivity contribution in [3.8, 4) is 28.6 Å². The maximum atomic E-state index is 13.8. The smallest absolute Gasteiger partial charge is 0.195 e. The molecule has 40 heavy (non-hydrogen) atoms. The quantitative estimate of drug-likeness (QED) is 0.246. The molecule has 2 aromatic carbocycles. The fourth-order valence-corrected chi connectivity index (χ4v) is 5.93. The molecule has 0 unspecified atom stereocenters. The molecule has 0 radical (unpaired) electrons. The van der Waals surface area contributed by atoms with Crippen molar-refractivity contribution in [2.24, 2.45) is 0 Å². The van der Waals surface area contributed by atoms with Crippen LogP contribution in [0, 0.1) is 19.3 Å². The van der Waals surface area contributed by atoms with Gasteiger partial charge in [-0.05, 0) is 55.3 Å². The van der Waals surface area contributed by atoms with Crippen LogP contribution in [0.2, 0.25) is 0 Å². The highest BCUT2D eigenvalue weighted by Crippen LogP contribution is 2.38. The van der Waals surface area contributed by atoms with Crippen molar-refractivity contribution in [2.45, 2.75) is 31.0 Å². The van der Waals surface area contributed by atoms with E-state index in [4.69, 9.17) is 20.8 Å². The summed E-state index contributed by atoms with van der Waals surface area (Å²) in [5.41, 5.74) is 2.16. The highest BCUT2D eigenvalue weighted by Gasteiger charge is 2.35. The Balaban J connectivity index is 1.86. The first kappa shape index (κ1) is 28.7. The number of methoxy groups -OCH3 is 3. The Morgan fingerprint density at radius 2 is 1.75 bits per heavy atom. The molecule has 0 aliphatic carbocycles. The second kappa shape index (κ2) is 11.8. The SMILES string of the molecule is [C-]#[N+]c1cc(F)ccc1[C@H](OC)[C@H](C)S(=O)(=O)Cc1nnc(-c2cncc(C)c2)n1-c1c(OC)cccc1OC. The second-order valence-electron chi connectivity index (χ2n) is 9.02. The summed E-state index contributed by atoms with van der Waals surface area (Å²) in [7, 11) is 0.341. The third-order valence-corrected chi connectivity index (χ3v) is 8.53. The van der Waals surface area contributed by atoms with Gasteiger partial charge in [0.1, 0.15) is 28.8 Å². The van der Waals surface area contributed by atoms with Crippen LogP contribution in [0.25, 0.3) is 21.9 Å². The molecule has 0 N–H and O–H groups in total. The van der Waals surface area contributed by atoms with Gasteiger partial charge in [0.25, 0.3) is 0 Å². The zero-order valence-electron chi connectivity index (χ0n) is 22.6. The van der Waals surface area contributed by atoms with E-state index in [1.54, 1.807) is 35.2 Å². The molecule has 0 bridgehead atoms. The molecule has 0 amide bonds. The molecule has 0 spiro atoms. The van der Waals surface area contributed by atoms with E-state index in [0.717, 1.165) is 11.6 Å². The summed E-state index contributed by atoms with van der Waals surface area (Å²) >= 11 is 0. The van der Waals surface area contributed by atoms with Crippen LogP contribution in [0.3, 0.4) is 0 Å². The molecule has 2 heterocycles. The van der Waals surface area contributed by atoms with E-state index in [9.17, 15) is 12.8 Å². The Morgan fingerprint density at radius 3 is 2.35 bits per heavy atom. The number of benzene rings is 2. The molecular formula is C28H28FN5O5S. The van der Waals surface area contributed by atoms with Gasteiger partial charge in [-0.2, -0.15) is 0 Å². The fraction of sp³-hybridized carbons (Fsp3) is 0.286. The Hall–Kier alpha value is -4.34. The van der Waals surface area contributed by atoms with Gasteiger partial charge in [-0.1, -0.05) is 12.1 Å². The standard InChI is InChI=1S/C28H28FN5O5S/c1-17-12-19(15-31-14-17)28-33-32-25(34(28)26-23(37-4)8-7-9-24(26)38-5)16-40(35,36)18(2)27(39-6)21-11-10-20(29)13-22(21)30-3/h7-15,18,27H,16H2,1-2,4-6H3/t18-,27+/m0/s1. The number of aryl methyl sites for hydroxylation is 1. The van der Waals surface area contributed by atoms with Gasteiger partial charge in [0.05, 0.1) is 32.1 Å². The summed E-state index contributed by atoms with van der Waals surface area (Å²) in [6.07, 6.45) is 2.27. The molecule has 0 saturated heterocycles. The summed E-state index contributed by atoms with van der Waals surface area (Å²) in [5, 5.41) is 7.49. The van der Waals surface area contributed by atoms with Gasteiger partial charge in [-0.15, -0.1) is 10.2 Å². The number of ether oxygens (including phenoxy) is 3. The number of nitrogens with zero attached hydrogens (tertiary/aromatic N) is 5. The van der Waals surface area contributed by atoms with Crippen LogP contribution in [0.1, 0.15) is 30.0 Å². The largest absolute Gasteiger partial charge is 0.494 e. The van der Waals surface area contributed by atoms with E-state index >= 15 is 0 Å². The normalized spacial score (nSPS) is 12.9. The molecule has 208 valence electrons. The number of pyridine rings is 1. The van der Waals surface area contributed by atoms with Crippen LogP contribution in [-0.2, 0) is 20.3 Å². The van der Waals surface area contributed by atoms with Crippen LogP contribution >= 0.6 is 0 Å². The summed E-state index contributed by atoms with van der Waals surface area (Å²) in [5.74, 6) is 0.137. The second-order valence-corrected chi connectivity index (χ2v) is 11.4. The first-order chi connectivity index (χ1) is 19.1. The van der Waals surface area contributed by atoms with Gasteiger partial charge in [0, 0.05) is 25.1 Å². The lowest BCUT2D eigenvalue weighted by Gasteiger charge is -2.24. The Bertz CT molecular complexity index is 1660. The predicted octanol–water partition coefficient (Wildman–Crippen LogP) is 5.04. The van der Waals surface area contributed by atoms with Crippen molar-refractivity contribution < 1.29 is 27.0 Å². The monoisotopic (exact) mass is 565 g/mol. The lowest BCUT2D eigenvalue weighted by Crippen LogP contribution is -2.29. The van der Waals surface area contributed by atoms with Crippen molar-refractivity contribution in [2.75, 3.05) is 21.3 Å². The van der Waals surface area contributed by atoms with E-state index in [-0.39, 0.29) is 17.1 Å². The highest BCUT2D eigenvalue weighted by molar-refractivity contribution is 7.91. The number of hydrogen-bond donors (Lipinski definition) is 0. The van der Waals surface area contributed by atoms with Crippen molar-refractivity contribution in [3.05, 3.63) is 89.0 Å². The van der Waals surface area contributed by atoms with Crippen LogP contribution in [-0.4, -0.2) is 54.7 Å². The zero-order chi connectivity index (χ0) is 29.0. The predicted molar refractivity (Wildman–Crippen MR) is 147 cm³/mol. The Kier molecular flexibility index (Phi) is 8.46. The molecule has 0 aliphatic heterocycles. The number of hydrogen-bond acceptors (Lipinski definition) is 8. The molecule has 12 heteroatoms. The van der Waals surface area contributed by atoms with Crippen molar-refractivity contribution in [1.29, 1.82) is 0 Å². The topological polar surface area (TPSA) is 110 Å². The highest BCUT2D eigenvalue weighted by atomic mass is 32.2. The van der Waals surface area contributed by atoms with Gasteiger partial charge in [0.2, 0.25) is 0 Å². The summed E-state index contributed by atoms with van der Waals surface area (Å²) < 4.78 is 59.8. The molecule has 0 saturated carbocycles. The molecule has 0 aliphatic rings. The number of halogens is 1. The average molecular weight is 566 g/mol. The van der Waals surface area contributed by atoms with E-state index in [0.29, 0.717) is 28.6 Å². The molecule has 2 aromatic heterocycles. The Morgan fingerprint density at radius 1 is 1.05 bits per heavy atom. The van der Waals surface area contributed by atoms with Gasteiger partial charge in [0.15, 0.2) is 27.2 Å². The number of sulfone groups is 1. The van der Waals surface area contributed by atoms with E-state index in [1.807, 2.05) is 13.0 Å². The summed E-state index contributed by atoms with van der Waals surface area (Å²) in [6, 6.07) is 10.6. The first-order valence-electron chi connectivity index (χ1n) is 12.1. The van der Waals surface area contributed by atoms with Crippen molar-refractivity contribution in [1.82, 2.24) is 19.7 Å². The van der Waals surface area contributed by atoms with Gasteiger partial charge < -0.3 is 14.2 Å². The summed E-state index contributed by atoms with van der Waals surface area (Å²) in [4.78, 5) is 7.61. The van der Waals surface area contributed by atoms with Gasteiger partial charge in [-0.25, -0.2) is 17.7 Å². The van der Waals surface area contributed by atoms with Crippen molar-refractivity contribution >= 4 is 15.5 Å². The fourth-order valence-electron chi connectivity index (χ4n) is 4.49. The van der Waals surface area contributed by atoms with Crippen LogP contribution in [0.4, 0.5) is 10.1 Å². The number of para-hydroxylation sites is 1. The minimum Gasteiger partial charge on any atom is -0.494 e. The first-order valence-corrected chi connectivity index (χ1v) is 13.9. The molecule has 0 fully saturated rings. The van der Waals surface area contributed by atoms with Crippen LogP contribution < -0.4 is 9.47 Å². The molecule has 2 atom stereocenters. The molecular weight excluding hydrogens is 537 g/mol. The minimum absolute atomic E-state index is 0.0231. The lowest BCUT2D eigenvalue weighted by atomic mass is 10.0. The van der Waals surface area contributed by atoms with Gasteiger partial charge in [-0.3, -0.25) is 9.55 Å². The molecule has 10 nitrogen and oxygen atoms in total. The zero-order valence-corrected chi connectivity index (χ0v) is 23.4. The van der Waals surface area contributed by atoms with E-state index in [1.165, 1.54) is 40.4 Å². The van der Waals surface area contributed by atoms with E-state index < -0.39 is 32.8 Å². The maximum absolute atomic E-state index is 13.8. The van der Waals surface area contributed by atoms with Crippen LogP contribution in [0.5, 0.6) is 11.5 Å². The number of aromatic nitrogens is 4. The van der Waals surface area contributed by atoms with Gasteiger partial charge >= 0.3 is 0 Å². The lowest BCUT2D eigenvalue weighted by molar-refractivity contribution is 0.103. The van der Waals surface area contributed by atoms with Crippen molar-refractivity contribution in [3.63, 3.8) is 0 Å². The van der Waals surface area contributed by atoms with E-state index in [2.05, 4.69) is 20.0 Å². The third kappa shape index (κ3) is 5.52. The Labute approximate surface area is 232 Å². The minimum atomic E-state index is -4.00. The molecule has 4 rings (SSSR count). The molecule has 4 aromatic rings.